The van der Waals surface area contributed by atoms with Crippen molar-refractivity contribution < 1.29 is 9.72 Å². The Balaban J connectivity index is 0.00000400. The zero-order valence-electron chi connectivity index (χ0n) is 12.5. The quantitative estimate of drug-likeness (QED) is 0.580. The molecule has 1 heterocycles. The minimum atomic E-state index is -0.583. The normalized spacial score (nSPS) is 11.6. The molecule has 9 heteroatoms. The van der Waals surface area contributed by atoms with Gasteiger partial charge in [0, 0.05) is 19.6 Å². The van der Waals surface area contributed by atoms with E-state index < -0.39 is 10.8 Å². The van der Waals surface area contributed by atoms with Crippen LogP contribution in [-0.2, 0) is 7.05 Å². The molecule has 1 unspecified atom stereocenters. The van der Waals surface area contributed by atoms with E-state index in [1.165, 1.54) is 18.7 Å². The van der Waals surface area contributed by atoms with Crippen LogP contribution in [0.3, 0.4) is 0 Å². The number of unbranched alkanes of at least 4 members (excludes halogenated alkanes) is 1. The van der Waals surface area contributed by atoms with Crippen LogP contribution in [0, 0.1) is 17.0 Å². The highest BCUT2D eigenvalue weighted by atomic mass is 35.5. The number of nitrogens with one attached hydrogen (secondary N) is 1. The lowest BCUT2D eigenvalue weighted by atomic mass is 10.1. The minimum Gasteiger partial charge on any atom is -0.346 e. The standard InChI is InChI=1S/C12H21N5O3.ClH/c1-4-5-6-9(7-13)14-12(18)11-10(17(19)20)8(2)15-16(11)3;/h9H,4-7,13H2,1-3H3,(H,14,18);1H. The molecule has 0 aliphatic heterocycles. The van der Waals surface area contributed by atoms with Crippen molar-refractivity contribution >= 4 is 24.0 Å². The molecule has 120 valence electrons. The van der Waals surface area contributed by atoms with Gasteiger partial charge in [-0.1, -0.05) is 19.8 Å². The molecule has 1 aromatic heterocycles. The van der Waals surface area contributed by atoms with E-state index >= 15 is 0 Å². The van der Waals surface area contributed by atoms with Crippen LogP contribution in [0.1, 0.15) is 42.4 Å². The second-order valence-corrected chi connectivity index (χ2v) is 4.71. The van der Waals surface area contributed by atoms with Crippen molar-refractivity contribution in [3.8, 4) is 0 Å². The number of hydrogen-bond acceptors (Lipinski definition) is 5. The van der Waals surface area contributed by atoms with Crippen LogP contribution >= 0.6 is 12.4 Å². The van der Waals surface area contributed by atoms with Crippen molar-refractivity contribution in [1.82, 2.24) is 15.1 Å². The smallest absolute Gasteiger partial charge is 0.322 e. The third-order valence-electron chi connectivity index (χ3n) is 3.11. The fraction of sp³-hybridized carbons (Fsp3) is 0.667. The lowest BCUT2D eigenvalue weighted by Crippen LogP contribution is -2.41. The summed E-state index contributed by atoms with van der Waals surface area (Å²) in [6.07, 6.45) is 2.69. The highest BCUT2D eigenvalue weighted by molar-refractivity contribution is 5.97. The summed E-state index contributed by atoms with van der Waals surface area (Å²) in [5, 5.41) is 17.7. The summed E-state index contributed by atoms with van der Waals surface area (Å²) in [7, 11) is 1.51. The number of carbonyl (C=O) groups is 1. The molecule has 1 aromatic rings. The number of rotatable bonds is 7. The van der Waals surface area contributed by atoms with E-state index in [0.717, 1.165) is 19.3 Å². The van der Waals surface area contributed by atoms with Crippen molar-refractivity contribution in [3.05, 3.63) is 21.5 Å². The van der Waals surface area contributed by atoms with E-state index in [2.05, 4.69) is 10.4 Å². The highest BCUT2D eigenvalue weighted by Crippen LogP contribution is 2.22. The number of carbonyl (C=O) groups excluding carboxylic acids is 1. The van der Waals surface area contributed by atoms with Gasteiger partial charge in [-0.3, -0.25) is 19.6 Å². The SMILES string of the molecule is CCCCC(CN)NC(=O)c1c([N+](=O)[O-])c(C)nn1C.Cl. The summed E-state index contributed by atoms with van der Waals surface area (Å²) in [6, 6.07) is -0.183. The van der Waals surface area contributed by atoms with Gasteiger partial charge in [-0.15, -0.1) is 12.4 Å². The van der Waals surface area contributed by atoms with Crippen LogP contribution in [0.15, 0.2) is 0 Å². The molecule has 0 fully saturated rings. The number of aryl methyl sites for hydroxylation is 2. The van der Waals surface area contributed by atoms with Crippen LogP contribution < -0.4 is 11.1 Å². The molecule has 0 spiro atoms. The van der Waals surface area contributed by atoms with Crippen molar-refractivity contribution in [2.45, 2.75) is 39.2 Å². The van der Waals surface area contributed by atoms with Crippen molar-refractivity contribution in [1.29, 1.82) is 0 Å². The Labute approximate surface area is 129 Å². The molecular formula is C12H22ClN5O3. The first-order valence-corrected chi connectivity index (χ1v) is 6.61. The molecule has 21 heavy (non-hydrogen) atoms. The van der Waals surface area contributed by atoms with Crippen LogP contribution in [-0.4, -0.2) is 33.2 Å². The van der Waals surface area contributed by atoms with E-state index in [9.17, 15) is 14.9 Å². The van der Waals surface area contributed by atoms with E-state index in [0.29, 0.717) is 6.54 Å². The van der Waals surface area contributed by atoms with Gasteiger partial charge >= 0.3 is 5.69 Å². The zero-order chi connectivity index (χ0) is 15.3. The Morgan fingerprint density at radius 1 is 1.57 bits per heavy atom. The minimum absolute atomic E-state index is 0. The number of halogens is 1. The molecule has 0 saturated carbocycles. The van der Waals surface area contributed by atoms with Crippen LogP contribution in [0.2, 0.25) is 0 Å². The fourth-order valence-electron chi connectivity index (χ4n) is 2.07. The molecule has 1 amide bonds. The first-order valence-electron chi connectivity index (χ1n) is 6.61. The predicted octanol–water partition coefficient (Wildman–Crippen LogP) is 1.31. The zero-order valence-corrected chi connectivity index (χ0v) is 13.3. The van der Waals surface area contributed by atoms with Gasteiger partial charge in [-0.05, 0) is 13.3 Å². The van der Waals surface area contributed by atoms with E-state index in [1.54, 1.807) is 0 Å². The summed E-state index contributed by atoms with van der Waals surface area (Å²) in [4.78, 5) is 22.7. The number of aromatic nitrogens is 2. The first-order chi connectivity index (χ1) is 9.42. The summed E-state index contributed by atoms with van der Waals surface area (Å²) in [6.45, 7) is 3.85. The van der Waals surface area contributed by atoms with Gasteiger partial charge in [0.05, 0.1) is 4.92 Å². The first kappa shape index (κ1) is 19.3. The average Bonchev–Trinajstić information content (AvgIpc) is 2.69. The number of nitro groups is 1. The summed E-state index contributed by atoms with van der Waals surface area (Å²) in [5.41, 5.74) is 5.54. The van der Waals surface area contributed by atoms with Crippen LogP contribution in [0.5, 0.6) is 0 Å². The fourth-order valence-corrected chi connectivity index (χ4v) is 2.07. The Morgan fingerprint density at radius 2 is 2.19 bits per heavy atom. The van der Waals surface area contributed by atoms with Gasteiger partial charge in [-0.2, -0.15) is 5.10 Å². The molecule has 0 aliphatic rings. The van der Waals surface area contributed by atoms with E-state index in [1.807, 2.05) is 6.92 Å². The molecule has 0 aromatic carbocycles. The summed E-state index contributed by atoms with van der Waals surface area (Å²) >= 11 is 0. The molecule has 1 atom stereocenters. The van der Waals surface area contributed by atoms with Crippen LogP contribution in [0.25, 0.3) is 0 Å². The molecule has 1 rings (SSSR count). The maximum atomic E-state index is 12.2. The van der Waals surface area contributed by atoms with Gasteiger partial charge in [0.15, 0.2) is 0 Å². The number of amides is 1. The summed E-state index contributed by atoms with van der Waals surface area (Å²) in [5.74, 6) is -0.508. The molecule has 0 aliphatic carbocycles. The molecular weight excluding hydrogens is 298 g/mol. The second-order valence-electron chi connectivity index (χ2n) is 4.71. The second kappa shape index (κ2) is 8.58. The molecule has 0 saturated heterocycles. The van der Waals surface area contributed by atoms with E-state index in [4.69, 9.17) is 5.73 Å². The Morgan fingerprint density at radius 3 is 2.67 bits per heavy atom. The van der Waals surface area contributed by atoms with Crippen molar-refractivity contribution in [3.63, 3.8) is 0 Å². The predicted molar refractivity (Wildman–Crippen MR) is 81.7 cm³/mol. The average molecular weight is 320 g/mol. The lowest BCUT2D eigenvalue weighted by Gasteiger charge is -2.16. The van der Waals surface area contributed by atoms with Crippen molar-refractivity contribution in [2.24, 2.45) is 12.8 Å². The van der Waals surface area contributed by atoms with Gasteiger partial charge in [0.1, 0.15) is 5.69 Å². The monoisotopic (exact) mass is 319 g/mol. The third-order valence-corrected chi connectivity index (χ3v) is 3.11. The Kier molecular flexibility index (Phi) is 7.90. The maximum Gasteiger partial charge on any atom is 0.322 e. The molecule has 0 bridgehead atoms. The number of nitrogens with two attached hydrogens (primary N) is 1. The molecule has 3 N–H and O–H groups in total. The lowest BCUT2D eigenvalue weighted by molar-refractivity contribution is -0.385. The summed E-state index contributed by atoms with van der Waals surface area (Å²) < 4.78 is 1.23. The number of hydrogen-bond donors (Lipinski definition) is 2. The van der Waals surface area contributed by atoms with Crippen LogP contribution in [0.4, 0.5) is 5.69 Å². The van der Waals surface area contributed by atoms with Gasteiger partial charge in [0.2, 0.25) is 5.69 Å². The third kappa shape index (κ3) is 4.68. The Bertz CT molecular complexity index is 503. The highest BCUT2D eigenvalue weighted by Gasteiger charge is 2.29. The van der Waals surface area contributed by atoms with Gasteiger partial charge in [0.25, 0.3) is 5.91 Å². The number of nitrogens with zero attached hydrogens (tertiary/aromatic N) is 3. The largest absolute Gasteiger partial charge is 0.346 e. The topological polar surface area (TPSA) is 116 Å². The van der Waals surface area contributed by atoms with Gasteiger partial charge < -0.3 is 11.1 Å². The van der Waals surface area contributed by atoms with E-state index in [-0.39, 0.29) is 35.5 Å². The van der Waals surface area contributed by atoms with Crippen molar-refractivity contribution in [2.75, 3.05) is 6.54 Å². The Hall–Kier alpha value is -1.67. The van der Waals surface area contributed by atoms with Gasteiger partial charge in [-0.25, -0.2) is 0 Å². The maximum absolute atomic E-state index is 12.2. The molecule has 8 nitrogen and oxygen atoms in total. The molecule has 0 radical (unpaired) electrons.